The lowest BCUT2D eigenvalue weighted by atomic mass is 10.1. The molecule has 1 atom stereocenters. The standard InChI is InChI=1S/C21H34N4O/c1-17-5-4-6-20(15-17)25-13-11-24(12-14-25)10-9-18(2)22-21(26)16-23(3)19-7-8-19/h4-6,15,18-19H,7-14,16H2,1-3H3,(H,22,26). The van der Waals surface area contributed by atoms with E-state index in [-0.39, 0.29) is 11.9 Å². The van der Waals surface area contributed by atoms with Gasteiger partial charge in [-0.25, -0.2) is 0 Å². The Morgan fingerprint density at radius 2 is 2.00 bits per heavy atom. The van der Waals surface area contributed by atoms with Crippen molar-refractivity contribution in [1.82, 2.24) is 15.1 Å². The Balaban J connectivity index is 1.33. The predicted octanol–water partition coefficient (Wildman–Crippen LogP) is 2.11. The van der Waals surface area contributed by atoms with Crippen molar-refractivity contribution in [2.75, 3.05) is 51.2 Å². The van der Waals surface area contributed by atoms with E-state index in [1.165, 1.54) is 24.1 Å². The highest BCUT2D eigenvalue weighted by atomic mass is 16.2. The molecule has 1 aromatic rings. The van der Waals surface area contributed by atoms with Crippen LogP contribution in [0.1, 0.15) is 31.7 Å². The molecule has 5 nitrogen and oxygen atoms in total. The smallest absolute Gasteiger partial charge is 0.234 e. The third-order valence-corrected chi connectivity index (χ3v) is 5.59. The van der Waals surface area contributed by atoms with Crippen LogP contribution in [0.15, 0.2) is 24.3 Å². The first-order valence-corrected chi connectivity index (χ1v) is 10.0. The molecule has 1 amide bonds. The van der Waals surface area contributed by atoms with E-state index in [1.54, 1.807) is 0 Å². The Morgan fingerprint density at radius 3 is 2.65 bits per heavy atom. The van der Waals surface area contributed by atoms with E-state index < -0.39 is 0 Å². The Morgan fingerprint density at radius 1 is 1.27 bits per heavy atom. The molecule has 0 bridgehead atoms. The van der Waals surface area contributed by atoms with Crippen LogP contribution < -0.4 is 10.2 Å². The highest BCUT2D eigenvalue weighted by Gasteiger charge is 2.27. The number of nitrogens with zero attached hydrogens (tertiary/aromatic N) is 3. The number of nitrogens with one attached hydrogen (secondary N) is 1. The maximum Gasteiger partial charge on any atom is 0.234 e. The molecule has 2 fully saturated rings. The largest absolute Gasteiger partial charge is 0.369 e. The van der Waals surface area contributed by atoms with Crippen molar-refractivity contribution in [3.05, 3.63) is 29.8 Å². The molecule has 26 heavy (non-hydrogen) atoms. The maximum atomic E-state index is 12.1. The first-order chi connectivity index (χ1) is 12.5. The molecule has 2 aliphatic rings. The summed E-state index contributed by atoms with van der Waals surface area (Å²) in [5, 5.41) is 3.16. The van der Waals surface area contributed by atoms with Gasteiger partial charge in [-0.3, -0.25) is 14.6 Å². The van der Waals surface area contributed by atoms with Crippen LogP contribution in [-0.2, 0) is 4.79 Å². The molecule has 1 heterocycles. The van der Waals surface area contributed by atoms with E-state index in [0.717, 1.165) is 39.1 Å². The molecule has 0 radical (unpaired) electrons. The van der Waals surface area contributed by atoms with Crippen LogP contribution >= 0.6 is 0 Å². The van der Waals surface area contributed by atoms with Gasteiger partial charge in [0.2, 0.25) is 5.91 Å². The molecule has 3 rings (SSSR count). The Labute approximate surface area is 158 Å². The van der Waals surface area contributed by atoms with Gasteiger partial charge in [-0.05, 0) is 57.9 Å². The third kappa shape index (κ3) is 5.71. The van der Waals surface area contributed by atoms with Crippen molar-refractivity contribution < 1.29 is 4.79 Å². The van der Waals surface area contributed by atoms with E-state index >= 15 is 0 Å². The molecule has 1 aliphatic heterocycles. The van der Waals surface area contributed by atoms with Crippen LogP contribution in [0.5, 0.6) is 0 Å². The number of aryl methyl sites for hydroxylation is 1. The summed E-state index contributed by atoms with van der Waals surface area (Å²) in [6.45, 7) is 10.2. The SMILES string of the molecule is Cc1cccc(N2CCN(CCC(C)NC(=O)CN(C)C3CC3)CC2)c1. The quantitative estimate of drug-likeness (QED) is 0.772. The zero-order valence-electron chi connectivity index (χ0n) is 16.6. The zero-order chi connectivity index (χ0) is 18.5. The highest BCUT2D eigenvalue weighted by molar-refractivity contribution is 5.78. The second-order valence-corrected chi connectivity index (χ2v) is 8.07. The van der Waals surface area contributed by atoms with Crippen molar-refractivity contribution in [3.63, 3.8) is 0 Å². The monoisotopic (exact) mass is 358 g/mol. The predicted molar refractivity (Wildman–Crippen MR) is 108 cm³/mol. The summed E-state index contributed by atoms with van der Waals surface area (Å²) in [6, 6.07) is 9.65. The van der Waals surface area contributed by atoms with Gasteiger partial charge < -0.3 is 10.2 Å². The second-order valence-electron chi connectivity index (χ2n) is 8.07. The topological polar surface area (TPSA) is 38.8 Å². The molecule has 1 aliphatic carbocycles. The zero-order valence-corrected chi connectivity index (χ0v) is 16.6. The maximum absolute atomic E-state index is 12.1. The van der Waals surface area contributed by atoms with Crippen molar-refractivity contribution in [1.29, 1.82) is 0 Å². The minimum absolute atomic E-state index is 0.163. The van der Waals surface area contributed by atoms with Crippen molar-refractivity contribution in [2.24, 2.45) is 0 Å². The van der Waals surface area contributed by atoms with Gasteiger partial charge in [0.1, 0.15) is 0 Å². The van der Waals surface area contributed by atoms with Gasteiger partial charge in [-0.1, -0.05) is 12.1 Å². The minimum Gasteiger partial charge on any atom is -0.369 e. The Hall–Kier alpha value is -1.59. The number of anilines is 1. The number of likely N-dealkylation sites (N-methyl/N-ethyl adjacent to an activating group) is 1. The number of rotatable bonds is 8. The first-order valence-electron chi connectivity index (χ1n) is 10.0. The summed E-state index contributed by atoms with van der Waals surface area (Å²) in [5.74, 6) is 0.163. The number of carbonyl (C=O) groups is 1. The van der Waals surface area contributed by atoms with E-state index in [2.05, 4.69) is 65.2 Å². The molecule has 1 unspecified atom stereocenters. The molecule has 1 saturated carbocycles. The highest BCUT2D eigenvalue weighted by Crippen LogP contribution is 2.24. The van der Waals surface area contributed by atoms with Gasteiger partial charge >= 0.3 is 0 Å². The molecular weight excluding hydrogens is 324 g/mol. The number of piperazine rings is 1. The van der Waals surface area contributed by atoms with Crippen molar-refractivity contribution >= 4 is 11.6 Å². The second kappa shape index (κ2) is 8.87. The summed E-state index contributed by atoms with van der Waals surface area (Å²) in [4.78, 5) is 19.3. The average molecular weight is 359 g/mol. The van der Waals surface area contributed by atoms with Crippen molar-refractivity contribution in [3.8, 4) is 0 Å². The number of hydrogen-bond donors (Lipinski definition) is 1. The molecule has 1 saturated heterocycles. The first kappa shape index (κ1) is 19.2. The number of benzene rings is 1. The van der Waals surface area contributed by atoms with Gasteiger partial charge in [0.15, 0.2) is 0 Å². The van der Waals surface area contributed by atoms with Crippen LogP contribution in [0, 0.1) is 6.92 Å². The average Bonchev–Trinajstić information content (AvgIpc) is 3.45. The molecule has 144 valence electrons. The summed E-state index contributed by atoms with van der Waals surface area (Å²) in [6.07, 6.45) is 3.51. The summed E-state index contributed by atoms with van der Waals surface area (Å²) in [5.41, 5.74) is 2.66. The lowest BCUT2D eigenvalue weighted by Crippen LogP contribution is -2.48. The molecular formula is C21H34N4O. The van der Waals surface area contributed by atoms with Gasteiger partial charge in [0.05, 0.1) is 6.54 Å². The minimum atomic E-state index is 0.163. The van der Waals surface area contributed by atoms with Gasteiger partial charge in [-0.2, -0.15) is 0 Å². The van der Waals surface area contributed by atoms with Crippen LogP contribution in [0.3, 0.4) is 0 Å². The number of carbonyl (C=O) groups excluding carboxylic acids is 1. The van der Waals surface area contributed by atoms with E-state index in [9.17, 15) is 4.79 Å². The Bertz CT molecular complexity index is 593. The summed E-state index contributed by atoms with van der Waals surface area (Å²) in [7, 11) is 2.05. The molecule has 0 spiro atoms. The normalized spacial score (nSPS) is 19.6. The number of hydrogen-bond acceptors (Lipinski definition) is 4. The lowest BCUT2D eigenvalue weighted by Gasteiger charge is -2.36. The van der Waals surface area contributed by atoms with Crippen LogP contribution in [-0.4, -0.2) is 74.1 Å². The summed E-state index contributed by atoms with van der Waals surface area (Å²) < 4.78 is 0. The van der Waals surface area contributed by atoms with Crippen molar-refractivity contribution in [2.45, 2.75) is 45.2 Å². The fraction of sp³-hybridized carbons (Fsp3) is 0.667. The fourth-order valence-corrected chi connectivity index (χ4v) is 3.69. The van der Waals surface area contributed by atoms with E-state index in [1.807, 2.05) is 0 Å². The number of amides is 1. The fourth-order valence-electron chi connectivity index (χ4n) is 3.69. The van der Waals surface area contributed by atoms with Crippen LogP contribution in [0.25, 0.3) is 0 Å². The molecule has 1 N–H and O–H groups in total. The van der Waals surface area contributed by atoms with E-state index in [4.69, 9.17) is 0 Å². The van der Waals surface area contributed by atoms with Crippen LogP contribution in [0.2, 0.25) is 0 Å². The van der Waals surface area contributed by atoms with Gasteiger partial charge in [-0.15, -0.1) is 0 Å². The Kier molecular flexibility index (Phi) is 6.54. The molecule has 5 heteroatoms. The van der Waals surface area contributed by atoms with Gasteiger partial charge in [0, 0.05) is 50.5 Å². The lowest BCUT2D eigenvalue weighted by molar-refractivity contribution is -0.122. The van der Waals surface area contributed by atoms with Gasteiger partial charge in [0.25, 0.3) is 0 Å². The van der Waals surface area contributed by atoms with Crippen LogP contribution in [0.4, 0.5) is 5.69 Å². The van der Waals surface area contributed by atoms with E-state index in [0.29, 0.717) is 12.6 Å². The molecule has 1 aromatic carbocycles. The molecule has 0 aromatic heterocycles. The summed E-state index contributed by atoms with van der Waals surface area (Å²) >= 11 is 0. The third-order valence-electron chi connectivity index (χ3n) is 5.59.